The first-order chi connectivity index (χ1) is 9.97. The van der Waals surface area contributed by atoms with Crippen molar-refractivity contribution < 1.29 is 14.3 Å². The highest BCUT2D eigenvalue weighted by atomic mass is 35.5. The molecule has 0 saturated heterocycles. The first-order valence-electron chi connectivity index (χ1n) is 5.89. The summed E-state index contributed by atoms with van der Waals surface area (Å²) in [5.74, 6) is 0. The monoisotopic (exact) mass is 325 g/mol. The highest BCUT2D eigenvalue weighted by Gasteiger charge is 2.19. The van der Waals surface area contributed by atoms with E-state index in [2.05, 4.69) is 10.4 Å². The molecule has 0 unspecified atom stereocenters. The predicted molar refractivity (Wildman–Crippen MR) is 79.3 cm³/mol. The summed E-state index contributed by atoms with van der Waals surface area (Å²) in [5.41, 5.74) is 2.40. The van der Waals surface area contributed by atoms with Gasteiger partial charge in [0.25, 0.3) is 0 Å². The number of aromatic nitrogens is 2. The minimum atomic E-state index is -1.18. The lowest BCUT2D eigenvalue weighted by Gasteiger charge is -2.01. The first kappa shape index (κ1) is 13.8. The molecule has 2 aromatic heterocycles. The van der Waals surface area contributed by atoms with Gasteiger partial charge in [0, 0.05) is 10.6 Å². The van der Waals surface area contributed by atoms with Gasteiger partial charge in [-0.3, -0.25) is 5.32 Å². The van der Waals surface area contributed by atoms with Crippen LogP contribution in [0.5, 0.6) is 0 Å². The van der Waals surface area contributed by atoms with Crippen LogP contribution in [0.4, 0.5) is 10.5 Å². The van der Waals surface area contributed by atoms with Gasteiger partial charge in [0.2, 0.25) is 5.71 Å². The molecule has 6 nitrogen and oxygen atoms in total. The molecule has 0 saturated carbocycles. The number of carboxylic acid groups (broad SMARTS) is 1. The second kappa shape index (κ2) is 4.98. The molecule has 0 spiro atoms. The van der Waals surface area contributed by atoms with Gasteiger partial charge in [0.15, 0.2) is 0 Å². The molecule has 0 aliphatic rings. The predicted octanol–water partition coefficient (Wildman–Crippen LogP) is 4.30. The van der Waals surface area contributed by atoms with E-state index in [4.69, 9.17) is 32.7 Å². The SMILES string of the molecule is Cc1nn2c(-c3ccc(Cl)cc3Cl)coc2c1NC(=O)O. The number of benzene rings is 1. The van der Waals surface area contributed by atoms with E-state index in [9.17, 15) is 4.79 Å². The van der Waals surface area contributed by atoms with Crippen LogP contribution in [0.3, 0.4) is 0 Å². The summed E-state index contributed by atoms with van der Waals surface area (Å²) in [5, 5.41) is 16.4. The molecule has 8 heteroatoms. The second-order valence-electron chi connectivity index (χ2n) is 4.35. The van der Waals surface area contributed by atoms with Gasteiger partial charge in [-0.25, -0.2) is 4.79 Å². The van der Waals surface area contributed by atoms with Gasteiger partial charge in [-0.15, -0.1) is 0 Å². The third-order valence-electron chi connectivity index (χ3n) is 2.97. The summed E-state index contributed by atoms with van der Waals surface area (Å²) in [4.78, 5) is 10.8. The fourth-order valence-corrected chi connectivity index (χ4v) is 2.57. The quantitative estimate of drug-likeness (QED) is 0.736. The molecule has 3 aromatic rings. The topological polar surface area (TPSA) is 79.8 Å². The highest BCUT2D eigenvalue weighted by molar-refractivity contribution is 6.36. The van der Waals surface area contributed by atoms with Crippen molar-refractivity contribution in [3.8, 4) is 11.3 Å². The average molecular weight is 326 g/mol. The van der Waals surface area contributed by atoms with Crippen molar-refractivity contribution in [3.05, 3.63) is 40.2 Å². The lowest BCUT2D eigenvalue weighted by molar-refractivity contribution is 0.209. The van der Waals surface area contributed by atoms with Crippen LogP contribution in [0.15, 0.2) is 28.9 Å². The lowest BCUT2D eigenvalue weighted by atomic mass is 10.2. The first-order valence-corrected chi connectivity index (χ1v) is 6.65. The largest absolute Gasteiger partial charge is 0.465 e. The normalized spacial score (nSPS) is 11.0. The van der Waals surface area contributed by atoms with Gasteiger partial charge in [0.05, 0.1) is 10.7 Å². The summed E-state index contributed by atoms with van der Waals surface area (Å²) in [7, 11) is 0. The molecule has 108 valence electrons. The van der Waals surface area contributed by atoms with Crippen LogP contribution < -0.4 is 5.32 Å². The summed E-state index contributed by atoms with van der Waals surface area (Å²) < 4.78 is 6.92. The van der Waals surface area contributed by atoms with Crippen LogP contribution in [-0.4, -0.2) is 20.8 Å². The summed E-state index contributed by atoms with van der Waals surface area (Å²) >= 11 is 12.1. The van der Waals surface area contributed by atoms with Crippen LogP contribution in [0.25, 0.3) is 17.0 Å². The molecule has 0 fully saturated rings. The Morgan fingerprint density at radius 2 is 2.19 bits per heavy atom. The lowest BCUT2D eigenvalue weighted by Crippen LogP contribution is -2.07. The molecule has 0 aliphatic heterocycles. The number of anilines is 1. The van der Waals surface area contributed by atoms with Crippen molar-refractivity contribution in [1.29, 1.82) is 0 Å². The fourth-order valence-electron chi connectivity index (χ4n) is 2.07. The zero-order valence-electron chi connectivity index (χ0n) is 10.7. The highest BCUT2D eigenvalue weighted by Crippen LogP contribution is 2.34. The van der Waals surface area contributed by atoms with Gasteiger partial charge in [-0.2, -0.15) is 9.61 Å². The number of fused-ring (bicyclic) bond motifs is 1. The fraction of sp³-hybridized carbons (Fsp3) is 0.0769. The molecular weight excluding hydrogens is 317 g/mol. The molecule has 2 heterocycles. The summed E-state index contributed by atoms with van der Waals surface area (Å²) in [6, 6.07) is 5.06. The van der Waals surface area contributed by atoms with Crippen molar-refractivity contribution in [3.63, 3.8) is 0 Å². The summed E-state index contributed by atoms with van der Waals surface area (Å²) in [6.07, 6.45) is 0.277. The Kier molecular flexibility index (Phi) is 3.27. The summed E-state index contributed by atoms with van der Waals surface area (Å²) in [6.45, 7) is 1.68. The van der Waals surface area contributed by atoms with Crippen LogP contribution >= 0.6 is 23.2 Å². The van der Waals surface area contributed by atoms with Crippen LogP contribution in [0, 0.1) is 6.92 Å². The number of nitrogens with one attached hydrogen (secondary N) is 1. The number of carbonyl (C=O) groups is 1. The Hall–Kier alpha value is -2.18. The Balaban J connectivity index is 2.19. The van der Waals surface area contributed by atoms with Crippen molar-refractivity contribution >= 4 is 40.7 Å². The van der Waals surface area contributed by atoms with Crippen molar-refractivity contribution in [2.24, 2.45) is 0 Å². The number of hydrogen-bond acceptors (Lipinski definition) is 3. The van der Waals surface area contributed by atoms with E-state index >= 15 is 0 Å². The Morgan fingerprint density at radius 1 is 1.43 bits per heavy atom. The molecule has 1 amide bonds. The van der Waals surface area contributed by atoms with Crippen molar-refractivity contribution in [1.82, 2.24) is 9.61 Å². The molecule has 2 N–H and O–H groups in total. The van der Waals surface area contributed by atoms with E-state index in [0.717, 1.165) is 0 Å². The zero-order chi connectivity index (χ0) is 15.1. The van der Waals surface area contributed by atoms with E-state index in [1.807, 2.05) is 0 Å². The Labute approximate surface area is 128 Å². The maximum atomic E-state index is 10.8. The zero-order valence-corrected chi connectivity index (χ0v) is 12.2. The third-order valence-corrected chi connectivity index (χ3v) is 3.52. The van der Waals surface area contributed by atoms with Crippen LogP contribution in [0.1, 0.15) is 5.69 Å². The van der Waals surface area contributed by atoms with Crippen LogP contribution in [0.2, 0.25) is 10.0 Å². The van der Waals surface area contributed by atoms with E-state index in [1.165, 1.54) is 10.8 Å². The molecule has 0 atom stereocenters. The molecule has 21 heavy (non-hydrogen) atoms. The van der Waals surface area contributed by atoms with Gasteiger partial charge < -0.3 is 9.52 Å². The average Bonchev–Trinajstić information content (AvgIpc) is 2.91. The molecule has 0 radical (unpaired) electrons. The number of nitrogens with zero attached hydrogens (tertiary/aromatic N) is 2. The van der Waals surface area contributed by atoms with E-state index < -0.39 is 6.09 Å². The molecular formula is C13H9Cl2N3O3. The van der Waals surface area contributed by atoms with Crippen molar-refractivity contribution in [2.45, 2.75) is 6.92 Å². The molecule has 0 bridgehead atoms. The van der Waals surface area contributed by atoms with Gasteiger partial charge in [-0.05, 0) is 25.1 Å². The smallest absolute Gasteiger partial charge is 0.409 e. The second-order valence-corrected chi connectivity index (χ2v) is 5.20. The third kappa shape index (κ3) is 2.32. The maximum absolute atomic E-state index is 10.8. The number of hydrogen-bond donors (Lipinski definition) is 2. The van der Waals surface area contributed by atoms with Gasteiger partial charge in [0.1, 0.15) is 17.6 Å². The number of aryl methyl sites for hydroxylation is 1. The maximum Gasteiger partial charge on any atom is 0.409 e. The van der Waals surface area contributed by atoms with Gasteiger partial charge >= 0.3 is 6.09 Å². The van der Waals surface area contributed by atoms with Gasteiger partial charge in [-0.1, -0.05) is 23.2 Å². The van der Waals surface area contributed by atoms with E-state index in [1.54, 1.807) is 25.1 Å². The number of amides is 1. The van der Waals surface area contributed by atoms with Crippen LogP contribution in [-0.2, 0) is 0 Å². The molecule has 1 aromatic carbocycles. The Bertz CT molecular complexity index is 854. The molecule has 3 rings (SSSR count). The Morgan fingerprint density at radius 3 is 2.86 bits per heavy atom. The van der Waals surface area contributed by atoms with E-state index in [-0.39, 0.29) is 0 Å². The minimum absolute atomic E-state index is 0.302. The number of halogens is 2. The van der Waals surface area contributed by atoms with Crippen molar-refractivity contribution in [2.75, 3.05) is 5.32 Å². The van der Waals surface area contributed by atoms with E-state index in [0.29, 0.717) is 38.4 Å². The minimum Gasteiger partial charge on any atom is -0.465 e. The molecule has 0 aliphatic carbocycles. The number of oxazole rings is 1. The number of rotatable bonds is 2. The standard InChI is InChI=1S/C13H9Cl2N3O3/c1-6-11(16-13(19)20)12-18(17-6)10(5-21-12)8-3-2-7(14)4-9(8)15/h2-5,16H,1H3,(H,19,20).